The Morgan fingerprint density at radius 3 is 2.71 bits per heavy atom. The normalized spacial score (nSPS) is 12.0. The molecule has 0 unspecified atom stereocenters. The number of benzene rings is 1. The van der Waals surface area contributed by atoms with Crippen LogP contribution in [-0.2, 0) is 22.7 Å². The monoisotopic (exact) mass is 376 g/mol. The molecule has 2 aromatic heterocycles. The summed E-state index contributed by atoms with van der Waals surface area (Å²) >= 11 is 0. The summed E-state index contributed by atoms with van der Waals surface area (Å²) in [6.45, 7) is 5.30. The maximum absolute atomic E-state index is 12.9. The van der Waals surface area contributed by atoms with Gasteiger partial charge in [-0.2, -0.15) is 0 Å². The summed E-state index contributed by atoms with van der Waals surface area (Å²) in [6, 6.07) is 9.39. The SMILES string of the molecule is CCC(=O)c1cc2n(c(=O)c1C)Cc1c-2nc2ccccc2c1COC(C)=O. The van der Waals surface area contributed by atoms with Crippen molar-refractivity contribution in [3.05, 3.63) is 62.9 Å². The molecule has 28 heavy (non-hydrogen) atoms. The number of pyridine rings is 2. The molecule has 0 aliphatic carbocycles. The van der Waals surface area contributed by atoms with E-state index in [0.717, 1.165) is 22.0 Å². The van der Waals surface area contributed by atoms with E-state index in [2.05, 4.69) is 0 Å². The van der Waals surface area contributed by atoms with E-state index in [1.807, 2.05) is 24.3 Å². The van der Waals surface area contributed by atoms with Gasteiger partial charge < -0.3 is 9.30 Å². The molecule has 3 aromatic rings. The lowest BCUT2D eigenvalue weighted by Crippen LogP contribution is -2.24. The maximum Gasteiger partial charge on any atom is 0.302 e. The van der Waals surface area contributed by atoms with Crippen LogP contribution in [0.2, 0.25) is 0 Å². The molecular weight excluding hydrogens is 356 g/mol. The Kier molecular flexibility index (Phi) is 4.34. The fraction of sp³-hybridized carbons (Fsp3) is 0.273. The number of carbonyl (C=O) groups excluding carboxylic acids is 2. The van der Waals surface area contributed by atoms with Crippen LogP contribution in [0.15, 0.2) is 35.1 Å². The average molecular weight is 376 g/mol. The first-order valence-electron chi connectivity index (χ1n) is 9.24. The van der Waals surface area contributed by atoms with Gasteiger partial charge in [-0.15, -0.1) is 0 Å². The van der Waals surface area contributed by atoms with Crippen molar-refractivity contribution in [2.75, 3.05) is 0 Å². The summed E-state index contributed by atoms with van der Waals surface area (Å²) < 4.78 is 6.93. The minimum atomic E-state index is -0.367. The quantitative estimate of drug-likeness (QED) is 0.403. The number of fused-ring (bicyclic) bond motifs is 4. The number of para-hydroxylation sites is 1. The van der Waals surface area contributed by atoms with E-state index < -0.39 is 0 Å². The first-order chi connectivity index (χ1) is 13.4. The molecule has 0 bridgehead atoms. The standard InChI is InChI=1S/C22H20N2O4/c1-4-20(26)15-9-19-21-16(10-24(19)22(27)12(15)2)17(11-28-13(3)25)14-7-5-6-8-18(14)23-21/h5-9H,4,10-11H2,1-3H3. The summed E-state index contributed by atoms with van der Waals surface area (Å²) in [7, 11) is 0. The molecule has 0 N–H and O–H groups in total. The number of esters is 1. The van der Waals surface area contributed by atoms with Crippen molar-refractivity contribution in [1.82, 2.24) is 9.55 Å². The number of rotatable bonds is 4. The van der Waals surface area contributed by atoms with Crippen LogP contribution in [0.1, 0.15) is 47.3 Å². The molecule has 0 fully saturated rings. The number of Topliss-reactive ketones (excluding diaryl/α,β-unsaturated/α-hetero) is 1. The predicted octanol–water partition coefficient (Wildman–Crippen LogP) is 3.39. The lowest BCUT2D eigenvalue weighted by molar-refractivity contribution is -0.142. The lowest BCUT2D eigenvalue weighted by atomic mass is 10.00. The van der Waals surface area contributed by atoms with Crippen molar-refractivity contribution in [2.45, 2.75) is 40.3 Å². The second kappa shape index (κ2) is 6.71. The highest BCUT2D eigenvalue weighted by molar-refractivity contribution is 5.98. The van der Waals surface area contributed by atoms with Gasteiger partial charge >= 0.3 is 5.97 Å². The molecule has 0 saturated heterocycles. The van der Waals surface area contributed by atoms with E-state index in [4.69, 9.17) is 9.72 Å². The Labute approximate surface area is 161 Å². The highest BCUT2D eigenvalue weighted by Crippen LogP contribution is 2.36. The third-order valence-electron chi connectivity index (χ3n) is 5.25. The molecule has 0 atom stereocenters. The summed E-state index contributed by atoms with van der Waals surface area (Å²) in [5, 5.41) is 0.893. The zero-order chi connectivity index (χ0) is 20.0. The second-order valence-corrected chi connectivity index (χ2v) is 6.95. The highest BCUT2D eigenvalue weighted by atomic mass is 16.5. The summed E-state index contributed by atoms with van der Waals surface area (Å²) in [5.41, 5.74) is 4.48. The predicted molar refractivity (Wildman–Crippen MR) is 105 cm³/mol. The van der Waals surface area contributed by atoms with Crippen LogP contribution < -0.4 is 5.56 Å². The zero-order valence-corrected chi connectivity index (χ0v) is 16.0. The van der Waals surface area contributed by atoms with Gasteiger partial charge in [0.05, 0.1) is 23.4 Å². The van der Waals surface area contributed by atoms with Crippen molar-refractivity contribution < 1.29 is 14.3 Å². The number of ether oxygens (including phenoxy) is 1. The van der Waals surface area contributed by atoms with Crippen molar-refractivity contribution in [3.63, 3.8) is 0 Å². The van der Waals surface area contributed by atoms with Gasteiger partial charge in [0.2, 0.25) is 0 Å². The molecule has 0 amide bonds. The average Bonchev–Trinajstić information content (AvgIpc) is 3.05. The van der Waals surface area contributed by atoms with Gasteiger partial charge in [-0.05, 0) is 19.1 Å². The van der Waals surface area contributed by atoms with Gasteiger partial charge in [-0.3, -0.25) is 14.4 Å². The number of ketones is 1. The van der Waals surface area contributed by atoms with Crippen LogP contribution in [0.25, 0.3) is 22.3 Å². The summed E-state index contributed by atoms with van der Waals surface area (Å²) in [4.78, 5) is 41.4. The zero-order valence-electron chi connectivity index (χ0n) is 16.0. The minimum absolute atomic E-state index is 0.0626. The fourth-order valence-electron chi connectivity index (χ4n) is 3.78. The minimum Gasteiger partial charge on any atom is -0.461 e. The van der Waals surface area contributed by atoms with Gasteiger partial charge in [0.15, 0.2) is 5.78 Å². The van der Waals surface area contributed by atoms with Gasteiger partial charge in [0.1, 0.15) is 6.61 Å². The van der Waals surface area contributed by atoms with Gasteiger partial charge in [-0.1, -0.05) is 25.1 Å². The van der Waals surface area contributed by atoms with Crippen molar-refractivity contribution >= 4 is 22.7 Å². The first kappa shape index (κ1) is 18.1. The molecule has 0 radical (unpaired) electrons. The van der Waals surface area contributed by atoms with Crippen LogP contribution in [0.5, 0.6) is 0 Å². The van der Waals surface area contributed by atoms with Crippen LogP contribution in [-0.4, -0.2) is 21.3 Å². The molecule has 6 heteroatoms. The highest BCUT2D eigenvalue weighted by Gasteiger charge is 2.28. The smallest absolute Gasteiger partial charge is 0.302 e. The van der Waals surface area contributed by atoms with Crippen LogP contribution in [0.3, 0.4) is 0 Å². The van der Waals surface area contributed by atoms with Crippen LogP contribution in [0, 0.1) is 6.92 Å². The molecular formula is C22H20N2O4. The van der Waals surface area contributed by atoms with E-state index in [1.165, 1.54) is 6.92 Å². The Morgan fingerprint density at radius 2 is 2.00 bits per heavy atom. The molecule has 0 spiro atoms. The molecule has 3 heterocycles. The van der Waals surface area contributed by atoms with Crippen LogP contribution in [0.4, 0.5) is 0 Å². The third kappa shape index (κ3) is 2.72. The fourth-order valence-corrected chi connectivity index (χ4v) is 3.78. The number of carbonyl (C=O) groups is 2. The van der Waals surface area contributed by atoms with E-state index >= 15 is 0 Å². The maximum atomic E-state index is 12.9. The Hall–Kier alpha value is -3.28. The molecule has 1 aliphatic heterocycles. The largest absolute Gasteiger partial charge is 0.461 e. The van der Waals surface area contributed by atoms with Crippen molar-refractivity contribution in [1.29, 1.82) is 0 Å². The van der Waals surface area contributed by atoms with Gasteiger partial charge in [0, 0.05) is 41.0 Å². The van der Waals surface area contributed by atoms with Crippen LogP contribution >= 0.6 is 0 Å². The summed E-state index contributed by atoms with van der Waals surface area (Å²) in [6.07, 6.45) is 0.333. The molecule has 142 valence electrons. The second-order valence-electron chi connectivity index (χ2n) is 6.95. The topological polar surface area (TPSA) is 78.3 Å². The lowest BCUT2D eigenvalue weighted by Gasteiger charge is -2.11. The van der Waals surface area contributed by atoms with E-state index in [9.17, 15) is 14.4 Å². The Bertz CT molecular complexity index is 1210. The van der Waals surface area contributed by atoms with Gasteiger partial charge in [0.25, 0.3) is 5.56 Å². The number of hydrogen-bond acceptors (Lipinski definition) is 5. The van der Waals surface area contributed by atoms with Gasteiger partial charge in [-0.25, -0.2) is 4.98 Å². The number of hydrogen-bond donors (Lipinski definition) is 0. The van der Waals surface area contributed by atoms with E-state index in [0.29, 0.717) is 35.5 Å². The third-order valence-corrected chi connectivity index (χ3v) is 5.25. The molecule has 1 aliphatic rings. The van der Waals surface area contributed by atoms with Crippen molar-refractivity contribution in [2.24, 2.45) is 0 Å². The molecule has 0 saturated carbocycles. The molecule has 1 aromatic carbocycles. The Balaban J connectivity index is 2.00. The molecule has 4 rings (SSSR count). The van der Waals surface area contributed by atoms with Crippen molar-refractivity contribution in [3.8, 4) is 11.4 Å². The Morgan fingerprint density at radius 1 is 1.25 bits per heavy atom. The number of nitrogens with zero attached hydrogens (tertiary/aromatic N) is 2. The molecule has 6 nitrogen and oxygen atoms in total. The van der Waals surface area contributed by atoms with E-state index in [1.54, 1.807) is 24.5 Å². The summed E-state index contributed by atoms with van der Waals surface area (Å²) in [5.74, 6) is -0.429. The first-order valence-corrected chi connectivity index (χ1v) is 9.24. The van der Waals surface area contributed by atoms with E-state index in [-0.39, 0.29) is 23.9 Å². The number of aromatic nitrogens is 2.